The molecule has 2 aromatic rings. The van der Waals surface area contributed by atoms with Crippen LogP contribution in [-0.2, 0) is 6.54 Å². The van der Waals surface area contributed by atoms with E-state index in [1.807, 2.05) is 23.6 Å². The van der Waals surface area contributed by atoms with Crippen LogP contribution in [0, 0.1) is 0 Å². The molecule has 1 N–H and O–H groups in total. The van der Waals surface area contributed by atoms with Crippen LogP contribution in [0.15, 0.2) is 29.0 Å². The van der Waals surface area contributed by atoms with Crippen molar-refractivity contribution in [2.24, 2.45) is 0 Å². The number of anilines is 1. The van der Waals surface area contributed by atoms with Crippen LogP contribution < -0.4 is 14.8 Å². The first kappa shape index (κ1) is 11.7. The van der Waals surface area contributed by atoms with Crippen LogP contribution in [0.5, 0.6) is 11.5 Å². The molecular weight excluding hydrogens is 270 g/mol. The zero-order valence-corrected chi connectivity index (χ0v) is 11.2. The molecule has 5 heteroatoms. The highest BCUT2D eigenvalue weighted by molar-refractivity contribution is 7.08. The highest BCUT2D eigenvalue weighted by Crippen LogP contribution is 2.38. The lowest BCUT2D eigenvalue weighted by Gasteiger charge is -2.20. The number of thiophene rings is 1. The Kier molecular flexibility index (Phi) is 3.30. The van der Waals surface area contributed by atoms with Gasteiger partial charge in [-0.2, -0.15) is 11.3 Å². The number of hydrogen-bond donors (Lipinski definition) is 1. The van der Waals surface area contributed by atoms with E-state index >= 15 is 0 Å². The fraction of sp³-hybridized carbons (Fsp3) is 0.231. The number of nitrogens with one attached hydrogen (secondary N) is 1. The Bertz CT molecular complexity index is 542. The quantitative estimate of drug-likeness (QED) is 0.929. The van der Waals surface area contributed by atoms with E-state index in [1.54, 1.807) is 11.3 Å². The van der Waals surface area contributed by atoms with Gasteiger partial charge >= 0.3 is 0 Å². The van der Waals surface area contributed by atoms with Crippen molar-refractivity contribution in [3.05, 3.63) is 39.5 Å². The summed E-state index contributed by atoms with van der Waals surface area (Å²) in [6, 6.07) is 5.93. The second-order valence-corrected chi connectivity index (χ2v) is 5.15. The van der Waals surface area contributed by atoms with E-state index in [4.69, 9.17) is 21.1 Å². The zero-order chi connectivity index (χ0) is 12.4. The Morgan fingerprint density at radius 2 is 2.17 bits per heavy atom. The summed E-state index contributed by atoms with van der Waals surface area (Å²) < 4.78 is 11.0. The van der Waals surface area contributed by atoms with Gasteiger partial charge in [-0.15, -0.1) is 0 Å². The first-order chi connectivity index (χ1) is 8.83. The average molecular weight is 282 g/mol. The van der Waals surface area contributed by atoms with Crippen molar-refractivity contribution in [2.45, 2.75) is 6.54 Å². The van der Waals surface area contributed by atoms with Gasteiger partial charge in [0.2, 0.25) is 0 Å². The third kappa shape index (κ3) is 2.40. The van der Waals surface area contributed by atoms with Crippen molar-refractivity contribution in [1.82, 2.24) is 0 Å². The summed E-state index contributed by atoms with van der Waals surface area (Å²) in [4.78, 5) is 0. The Morgan fingerprint density at radius 3 is 3.00 bits per heavy atom. The van der Waals surface area contributed by atoms with Crippen molar-refractivity contribution in [3.63, 3.8) is 0 Å². The van der Waals surface area contributed by atoms with E-state index < -0.39 is 0 Å². The molecule has 1 aliphatic heterocycles. The standard InChI is InChI=1S/C13H12ClNO2S/c14-11-5-9(7-15-10-1-4-18-8-10)6-12-13(11)17-3-2-16-12/h1,4-6,8,15H,2-3,7H2. The lowest BCUT2D eigenvalue weighted by Crippen LogP contribution is -2.16. The molecule has 1 aromatic heterocycles. The molecule has 18 heavy (non-hydrogen) atoms. The highest BCUT2D eigenvalue weighted by atomic mass is 35.5. The number of rotatable bonds is 3. The Morgan fingerprint density at radius 1 is 1.28 bits per heavy atom. The molecule has 0 unspecified atom stereocenters. The summed E-state index contributed by atoms with van der Waals surface area (Å²) in [6.45, 7) is 1.84. The molecule has 1 aromatic carbocycles. The molecule has 3 nitrogen and oxygen atoms in total. The SMILES string of the molecule is Clc1cc(CNc2ccsc2)cc2c1OCCO2. The molecular formula is C13H12ClNO2S. The molecule has 0 fully saturated rings. The van der Waals surface area contributed by atoms with Gasteiger partial charge in [0.05, 0.1) is 5.02 Å². The molecule has 0 aliphatic carbocycles. The second kappa shape index (κ2) is 5.08. The number of ether oxygens (including phenoxy) is 2. The number of benzene rings is 1. The minimum absolute atomic E-state index is 0.555. The maximum Gasteiger partial charge on any atom is 0.179 e. The maximum absolute atomic E-state index is 6.18. The molecule has 0 amide bonds. The van der Waals surface area contributed by atoms with Crippen LogP contribution in [0.2, 0.25) is 5.02 Å². The fourth-order valence-electron chi connectivity index (χ4n) is 1.84. The molecule has 94 valence electrons. The van der Waals surface area contributed by atoms with Crippen molar-refractivity contribution < 1.29 is 9.47 Å². The van der Waals surface area contributed by atoms with E-state index in [1.165, 1.54) is 0 Å². The van der Waals surface area contributed by atoms with E-state index in [0.29, 0.717) is 30.5 Å². The Hall–Kier alpha value is -1.39. The first-order valence-electron chi connectivity index (χ1n) is 5.67. The Labute approximate surface area is 114 Å². The lowest BCUT2D eigenvalue weighted by atomic mass is 10.2. The minimum atomic E-state index is 0.555. The minimum Gasteiger partial charge on any atom is -0.486 e. The van der Waals surface area contributed by atoms with Gasteiger partial charge in [-0.3, -0.25) is 0 Å². The van der Waals surface area contributed by atoms with Crippen molar-refractivity contribution >= 4 is 28.6 Å². The fourth-order valence-corrected chi connectivity index (χ4v) is 2.74. The molecule has 0 saturated carbocycles. The molecule has 0 bridgehead atoms. The van der Waals surface area contributed by atoms with Gasteiger partial charge in [0.1, 0.15) is 13.2 Å². The van der Waals surface area contributed by atoms with E-state index in [2.05, 4.69) is 10.7 Å². The number of hydrogen-bond acceptors (Lipinski definition) is 4. The van der Waals surface area contributed by atoms with Gasteiger partial charge in [0.25, 0.3) is 0 Å². The third-order valence-corrected chi connectivity index (χ3v) is 3.64. The normalized spacial score (nSPS) is 13.4. The number of halogens is 1. The van der Waals surface area contributed by atoms with E-state index in [-0.39, 0.29) is 0 Å². The summed E-state index contributed by atoms with van der Waals surface area (Å²) in [6.07, 6.45) is 0. The second-order valence-electron chi connectivity index (χ2n) is 3.97. The van der Waals surface area contributed by atoms with Crippen LogP contribution in [0.1, 0.15) is 5.56 Å². The summed E-state index contributed by atoms with van der Waals surface area (Å²) in [5.41, 5.74) is 2.20. The van der Waals surface area contributed by atoms with Gasteiger partial charge in [-0.25, -0.2) is 0 Å². The highest BCUT2D eigenvalue weighted by Gasteiger charge is 2.16. The van der Waals surface area contributed by atoms with Gasteiger partial charge < -0.3 is 14.8 Å². The number of fused-ring (bicyclic) bond motifs is 1. The monoisotopic (exact) mass is 281 g/mol. The zero-order valence-electron chi connectivity index (χ0n) is 9.61. The summed E-state index contributed by atoms with van der Waals surface area (Å²) in [5, 5.41) is 8.05. The molecule has 0 saturated heterocycles. The lowest BCUT2D eigenvalue weighted by molar-refractivity contribution is 0.171. The van der Waals surface area contributed by atoms with Crippen LogP contribution in [0.25, 0.3) is 0 Å². The van der Waals surface area contributed by atoms with Gasteiger partial charge in [-0.05, 0) is 29.1 Å². The van der Waals surface area contributed by atoms with Crippen molar-refractivity contribution in [2.75, 3.05) is 18.5 Å². The maximum atomic E-state index is 6.18. The van der Waals surface area contributed by atoms with E-state index in [9.17, 15) is 0 Å². The molecule has 2 heterocycles. The van der Waals surface area contributed by atoms with Crippen molar-refractivity contribution in [1.29, 1.82) is 0 Å². The topological polar surface area (TPSA) is 30.5 Å². The van der Waals surface area contributed by atoms with Gasteiger partial charge in [-0.1, -0.05) is 11.6 Å². The third-order valence-electron chi connectivity index (χ3n) is 2.67. The molecule has 1 aliphatic rings. The van der Waals surface area contributed by atoms with Crippen molar-refractivity contribution in [3.8, 4) is 11.5 Å². The largest absolute Gasteiger partial charge is 0.486 e. The molecule has 0 atom stereocenters. The Balaban J connectivity index is 1.78. The van der Waals surface area contributed by atoms with Crippen LogP contribution >= 0.6 is 22.9 Å². The summed E-state index contributed by atoms with van der Waals surface area (Å²) >= 11 is 7.84. The predicted molar refractivity (Wildman–Crippen MR) is 74.1 cm³/mol. The predicted octanol–water partition coefficient (Wildman–Crippen LogP) is 3.78. The molecule has 0 spiro atoms. The summed E-state index contributed by atoms with van der Waals surface area (Å²) in [5.74, 6) is 1.39. The first-order valence-corrected chi connectivity index (χ1v) is 6.99. The van der Waals surface area contributed by atoms with E-state index in [0.717, 1.165) is 17.0 Å². The summed E-state index contributed by atoms with van der Waals surface area (Å²) in [7, 11) is 0. The smallest absolute Gasteiger partial charge is 0.179 e. The van der Waals surface area contributed by atoms with Crippen LogP contribution in [0.4, 0.5) is 5.69 Å². The molecule has 0 radical (unpaired) electrons. The molecule has 3 rings (SSSR count). The van der Waals surface area contributed by atoms with Gasteiger partial charge in [0.15, 0.2) is 11.5 Å². The van der Waals surface area contributed by atoms with Crippen LogP contribution in [-0.4, -0.2) is 13.2 Å². The van der Waals surface area contributed by atoms with Crippen LogP contribution in [0.3, 0.4) is 0 Å². The average Bonchev–Trinajstić information content (AvgIpc) is 2.90. The van der Waals surface area contributed by atoms with Gasteiger partial charge in [0, 0.05) is 17.6 Å².